The van der Waals surface area contributed by atoms with Crippen molar-refractivity contribution in [2.24, 2.45) is 11.8 Å². The van der Waals surface area contributed by atoms with E-state index in [4.69, 9.17) is 4.52 Å². The zero-order valence-corrected chi connectivity index (χ0v) is 19.4. The fraction of sp³-hybridized carbons (Fsp3) is 0.370. The number of aromatic nitrogens is 2. The molecule has 0 aliphatic heterocycles. The molecule has 1 heterocycles. The van der Waals surface area contributed by atoms with Gasteiger partial charge in [0.15, 0.2) is 0 Å². The van der Waals surface area contributed by atoms with Gasteiger partial charge in [-0.2, -0.15) is 4.98 Å². The van der Waals surface area contributed by atoms with E-state index >= 15 is 0 Å². The summed E-state index contributed by atoms with van der Waals surface area (Å²) >= 11 is 0. The van der Waals surface area contributed by atoms with Crippen LogP contribution in [-0.4, -0.2) is 34.9 Å². The number of aryl methyl sites for hydroxylation is 1. The molecule has 0 radical (unpaired) electrons. The first kappa shape index (κ1) is 23.1. The number of benzene rings is 2. The second-order valence-electron chi connectivity index (χ2n) is 9.15. The third kappa shape index (κ3) is 5.63. The van der Waals surface area contributed by atoms with Gasteiger partial charge in [0.25, 0.3) is 5.89 Å². The molecule has 1 saturated carbocycles. The Hall–Kier alpha value is -3.12. The summed E-state index contributed by atoms with van der Waals surface area (Å²) in [7, 11) is 4.12. The molecular weight excluding hydrogens is 417 g/mol. The summed E-state index contributed by atoms with van der Waals surface area (Å²) in [6.45, 7) is 1.97. The average Bonchev–Trinajstić information content (AvgIpc) is 3.28. The molecule has 1 atom stereocenters. The van der Waals surface area contributed by atoms with E-state index in [-0.39, 0.29) is 23.5 Å². The first-order chi connectivity index (χ1) is 15.9. The van der Waals surface area contributed by atoms with Crippen LogP contribution in [0, 0.1) is 24.6 Å². The Kier molecular flexibility index (Phi) is 7.14. The number of ketones is 1. The molecule has 0 bridgehead atoms. The molecule has 5 nitrogen and oxygen atoms in total. The van der Waals surface area contributed by atoms with Gasteiger partial charge in [0.2, 0.25) is 11.6 Å². The van der Waals surface area contributed by atoms with E-state index in [0.29, 0.717) is 23.3 Å². The van der Waals surface area contributed by atoms with Gasteiger partial charge in [0, 0.05) is 11.6 Å². The molecule has 0 N–H and O–H groups in total. The van der Waals surface area contributed by atoms with Crippen molar-refractivity contribution in [1.82, 2.24) is 15.0 Å². The van der Waals surface area contributed by atoms with E-state index in [0.717, 1.165) is 36.8 Å². The number of halogens is 1. The summed E-state index contributed by atoms with van der Waals surface area (Å²) in [5.41, 5.74) is 2.67. The maximum atomic E-state index is 13.8. The summed E-state index contributed by atoms with van der Waals surface area (Å²) in [5.74, 6) is 0.889. The summed E-state index contributed by atoms with van der Waals surface area (Å²) in [4.78, 5) is 19.0. The van der Waals surface area contributed by atoms with E-state index in [1.807, 2.05) is 31.2 Å². The molecule has 2 aromatic carbocycles. The number of allylic oxidation sites excluding steroid dienone is 1. The Morgan fingerprint density at radius 3 is 2.52 bits per heavy atom. The van der Waals surface area contributed by atoms with Crippen LogP contribution in [0.1, 0.15) is 64.9 Å². The number of hydrogen-bond donors (Lipinski definition) is 0. The number of carbonyl (C=O) groups excluding carboxylic acids is 1. The van der Waals surface area contributed by atoms with E-state index in [1.165, 1.54) is 6.07 Å². The smallest absolute Gasteiger partial charge is 0.250 e. The zero-order chi connectivity index (χ0) is 23.4. The number of carbonyl (C=O) groups is 1. The molecule has 6 heteroatoms. The van der Waals surface area contributed by atoms with Crippen molar-refractivity contribution < 1.29 is 13.7 Å². The number of rotatable bonds is 7. The lowest BCUT2D eigenvalue weighted by molar-refractivity contribution is 0.102. The minimum absolute atomic E-state index is 0.0751. The van der Waals surface area contributed by atoms with Gasteiger partial charge in [0.1, 0.15) is 5.82 Å². The highest BCUT2D eigenvalue weighted by atomic mass is 19.1. The van der Waals surface area contributed by atoms with E-state index in [1.54, 1.807) is 24.3 Å². The quantitative estimate of drug-likeness (QED) is 0.424. The fourth-order valence-electron chi connectivity index (χ4n) is 4.78. The van der Waals surface area contributed by atoms with Crippen LogP contribution in [0.5, 0.6) is 0 Å². The van der Waals surface area contributed by atoms with Crippen molar-refractivity contribution in [1.29, 1.82) is 0 Å². The van der Waals surface area contributed by atoms with Gasteiger partial charge in [-0.3, -0.25) is 4.79 Å². The second kappa shape index (κ2) is 10.2. The summed E-state index contributed by atoms with van der Waals surface area (Å²) < 4.78 is 19.0. The molecule has 1 aromatic heterocycles. The van der Waals surface area contributed by atoms with Gasteiger partial charge in [-0.05, 0) is 82.3 Å². The van der Waals surface area contributed by atoms with E-state index < -0.39 is 0 Å². The van der Waals surface area contributed by atoms with E-state index in [2.05, 4.69) is 35.2 Å². The standard InChI is InChI=1S/C27H30FN3O2/c1-18-7-12-21(13-8-18)26(32)27-29-24(33-30-27)16-11-19-9-14-20(15-10-19)25(31(2)3)22-5-4-6-23(28)17-22/h4-8,11-13,16-17,19-20,25H,9-10,14-15H2,1-3H3/b16-11+. The van der Waals surface area contributed by atoms with Crippen molar-refractivity contribution >= 4 is 11.9 Å². The van der Waals surface area contributed by atoms with Crippen LogP contribution < -0.4 is 0 Å². The lowest BCUT2D eigenvalue weighted by Crippen LogP contribution is -2.30. The van der Waals surface area contributed by atoms with Gasteiger partial charge < -0.3 is 9.42 Å². The van der Waals surface area contributed by atoms with Gasteiger partial charge in [-0.25, -0.2) is 4.39 Å². The first-order valence-corrected chi connectivity index (χ1v) is 11.5. The fourth-order valence-corrected chi connectivity index (χ4v) is 4.78. The van der Waals surface area contributed by atoms with E-state index in [9.17, 15) is 9.18 Å². The molecule has 1 aliphatic rings. The SMILES string of the molecule is Cc1ccc(C(=O)c2noc(/C=C/C3CCC(C(c4cccc(F)c4)N(C)C)CC3)n2)cc1. The molecule has 1 aliphatic carbocycles. The van der Waals surface area contributed by atoms with Crippen LogP contribution in [-0.2, 0) is 0 Å². The molecule has 0 saturated heterocycles. The first-order valence-electron chi connectivity index (χ1n) is 11.5. The van der Waals surface area contributed by atoms with Gasteiger partial charge in [0.05, 0.1) is 0 Å². The van der Waals surface area contributed by atoms with Gasteiger partial charge >= 0.3 is 0 Å². The van der Waals surface area contributed by atoms with Crippen LogP contribution in [0.2, 0.25) is 0 Å². The summed E-state index contributed by atoms with van der Waals surface area (Å²) in [6, 6.07) is 14.5. The molecule has 4 rings (SSSR count). The van der Waals surface area contributed by atoms with Crippen LogP contribution >= 0.6 is 0 Å². The van der Waals surface area contributed by atoms with Crippen molar-refractivity contribution in [2.75, 3.05) is 14.1 Å². The molecule has 33 heavy (non-hydrogen) atoms. The lowest BCUT2D eigenvalue weighted by atomic mass is 9.76. The molecular formula is C27H30FN3O2. The van der Waals surface area contributed by atoms with Crippen molar-refractivity contribution in [3.05, 3.63) is 88.8 Å². The normalized spacial score (nSPS) is 19.8. The van der Waals surface area contributed by atoms with Gasteiger partial charge in [-0.1, -0.05) is 53.2 Å². The maximum Gasteiger partial charge on any atom is 0.250 e. The third-order valence-electron chi connectivity index (χ3n) is 6.48. The lowest BCUT2D eigenvalue weighted by Gasteiger charge is -2.37. The monoisotopic (exact) mass is 447 g/mol. The minimum atomic E-state index is -0.244. The maximum absolute atomic E-state index is 13.8. The highest BCUT2D eigenvalue weighted by molar-refractivity contribution is 6.06. The Morgan fingerprint density at radius 2 is 1.85 bits per heavy atom. The Bertz CT molecular complexity index is 1110. The largest absolute Gasteiger partial charge is 0.334 e. The number of hydrogen-bond acceptors (Lipinski definition) is 5. The number of nitrogens with zero attached hydrogens (tertiary/aromatic N) is 3. The molecule has 1 unspecified atom stereocenters. The van der Waals surface area contributed by atoms with Crippen molar-refractivity contribution in [3.63, 3.8) is 0 Å². The van der Waals surface area contributed by atoms with Crippen molar-refractivity contribution in [3.8, 4) is 0 Å². The minimum Gasteiger partial charge on any atom is -0.334 e. The third-order valence-corrected chi connectivity index (χ3v) is 6.48. The Balaban J connectivity index is 1.36. The average molecular weight is 448 g/mol. The highest BCUT2D eigenvalue weighted by Gasteiger charge is 2.29. The predicted molar refractivity (Wildman–Crippen MR) is 126 cm³/mol. The Morgan fingerprint density at radius 1 is 1.12 bits per heavy atom. The predicted octanol–water partition coefficient (Wildman–Crippen LogP) is 5.87. The zero-order valence-electron chi connectivity index (χ0n) is 19.4. The topological polar surface area (TPSA) is 59.2 Å². The molecule has 3 aromatic rings. The van der Waals surface area contributed by atoms with Crippen LogP contribution in [0.25, 0.3) is 6.08 Å². The van der Waals surface area contributed by atoms with Crippen LogP contribution in [0.4, 0.5) is 4.39 Å². The van der Waals surface area contributed by atoms with Crippen LogP contribution in [0.3, 0.4) is 0 Å². The Labute approximate surface area is 194 Å². The van der Waals surface area contributed by atoms with Crippen molar-refractivity contribution in [2.45, 2.75) is 38.6 Å². The molecule has 172 valence electrons. The molecule has 0 spiro atoms. The highest BCUT2D eigenvalue weighted by Crippen LogP contribution is 2.40. The van der Waals surface area contributed by atoms with Crippen LogP contribution in [0.15, 0.2) is 59.1 Å². The second-order valence-corrected chi connectivity index (χ2v) is 9.15. The van der Waals surface area contributed by atoms with Gasteiger partial charge in [-0.15, -0.1) is 0 Å². The molecule has 1 fully saturated rings. The molecule has 0 amide bonds. The summed E-state index contributed by atoms with van der Waals surface area (Å²) in [5, 5.41) is 3.85. The summed E-state index contributed by atoms with van der Waals surface area (Å²) in [6.07, 6.45) is 8.15.